The van der Waals surface area contributed by atoms with Crippen molar-refractivity contribution in [3.8, 4) is 11.4 Å². The third-order valence-corrected chi connectivity index (χ3v) is 6.19. The molecule has 0 atom stereocenters. The largest absolute Gasteiger partial charge is 0.338 e. The van der Waals surface area contributed by atoms with Crippen LogP contribution in [0.3, 0.4) is 0 Å². The Hall–Kier alpha value is -3.04. The number of rotatable bonds is 7. The summed E-state index contributed by atoms with van der Waals surface area (Å²) < 4.78 is 32.4. The van der Waals surface area contributed by atoms with Gasteiger partial charge in [-0.2, -0.15) is 9.29 Å². The van der Waals surface area contributed by atoms with Crippen molar-refractivity contribution in [2.45, 2.75) is 32.2 Å². The van der Waals surface area contributed by atoms with Crippen LogP contribution in [-0.4, -0.2) is 35.3 Å². The van der Waals surface area contributed by atoms with Crippen molar-refractivity contribution in [1.29, 1.82) is 0 Å². The van der Waals surface area contributed by atoms with Gasteiger partial charge in [0.25, 0.3) is 0 Å². The highest BCUT2D eigenvalue weighted by molar-refractivity contribution is 7.89. The second-order valence-corrected chi connectivity index (χ2v) is 8.45. The number of hydrogen-bond acceptors (Lipinski definition) is 6. The summed E-state index contributed by atoms with van der Waals surface area (Å²) in [5.41, 5.74) is 2.44. The molecule has 0 aliphatic heterocycles. The Balaban J connectivity index is 1.78. The first-order valence-electron chi connectivity index (χ1n) is 9.07. The van der Waals surface area contributed by atoms with Crippen molar-refractivity contribution in [2.75, 3.05) is 11.9 Å². The fourth-order valence-corrected chi connectivity index (χ4v) is 4.12. The van der Waals surface area contributed by atoms with Crippen molar-refractivity contribution in [1.82, 2.24) is 14.4 Å². The van der Waals surface area contributed by atoms with Crippen LogP contribution in [0, 0.1) is 6.92 Å². The van der Waals surface area contributed by atoms with E-state index in [0.29, 0.717) is 11.5 Å². The van der Waals surface area contributed by atoms with E-state index in [2.05, 4.69) is 15.5 Å². The Morgan fingerprint density at radius 2 is 1.76 bits per heavy atom. The first kappa shape index (κ1) is 20.7. The van der Waals surface area contributed by atoms with Crippen molar-refractivity contribution in [3.05, 3.63) is 60.0 Å². The number of carbonyl (C=O) groups is 1. The maximum absolute atomic E-state index is 13.0. The molecule has 3 aromatic rings. The van der Waals surface area contributed by atoms with Gasteiger partial charge in [0.2, 0.25) is 27.6 Å². The molecule has 152 valence electrons. The van der Waals surface area contributed by atoms with Gasteiger partial charge in [-0.05, 0) is 31.2 Å². The van der Waals surface area contributed by atoms with Gasteiger partial charge in [0.05, 0.1) is 11.4 Å². The van der Waals surface area contributed by atoms with Gasteiger partial charge in [0.1, 0.15) is 0 Å². The smallest absolute Gasteiger partial charge is 0.243 e. The lowest BCUT2D eigenvalue weighted by Gasteiger charge is -2.18. The van der Waals surface area contributed by atoms with Crippen LogP contribution in [0.15, 0.2) is 57.9 Å². The monoisotopic (exact) mass is 414 g/mol. The molecule has 2 aromatic carbocycles. The first-order valence-corrected chi connectivity index (χ1v) is 10.5. The molecular weight excluding hydrogens is 392 g/mol. The van der Waals surface area contributed by atoms with Gasteiger partial charge in [-0.25, -0.2) is 8.42 Å². The van der Waals surface area contributed by atoms with Gasteiger partial charge < -0.3 is 9.84 Å². The summed E-state index contributed by atoms with van der Waals surface area (Å²) in [5.74, 6) is 0.394. The minimum atomic E-state index is -3.76. The summed E-state index contributed by atoms with van der Waals surface area (Å²) in [6.07, 6.45) is 0. The number of carbonyl (C=O) groups excluding carboxylic acids is 1. The lowest BCUT2D eigenvalue weighted by Crippen LogP contribution is -2.30. The lowest BCUT2D eigenvalue weighted by molar-refractivity contribution is -0.114. The number of nitrogens with zero attached hydrogens (tertiary/aromatic N) is 3. The Labute approximate surface area is 169 Å². The van der Waals surface area contributed by atoms with E-state index in [1.165, 1.54) is 23.4 Å². The average Bonchev–Trinajstić information content (AvgIpc) is 3.15. The molecule has 1 heterocycles. The molecule has 1 N–H and O–H groups in total. The highest BCUT2D eigenvalue weighted by atomic mass is 32.2. The molecule has 0 unspecified atom stereocenters. The van der Waals surface area contributed by atoms with Crippen molar-refractivity contribution in [2.24, 2.45) is 0 Å². The summed E-state index contributed by atoms with van der Waals surface area (Å²) in [4.78, 5) is 15.6. The number of anilines is 1. The van der Waals surface area contributed by atoms with Crippen LogP contribution < -0.4 is 5.32 Å². The van der Waals surface area contributed by atoms with E-state index in [1.54, 1.807) is 19.1 Å². The third kappa shape index (κ3) is 4.87. The van der Waals surface area contributed by atoms with Gasteiger partial charge in [-0.1, -0.05) is 41.9 Å². The molecular formula is C20H22N4O4S. The molecule has 0 bridgehead atoms. The van der Waals surface area contributed by atoms with Gasteiger partial charge in [0.15, 0.2) is 0 Å². The van der Waals surface area contributed by atoms with E-state index in [4.69, 9.17) is 4.52 Å². The van der Waals surface area contributed by atoms with Crippen LogP contribution in [0.25, 0.3) is 11.4 Å². The SMILES string of the molecule is CCN(Cc1nc(-c2ccc(C)cc2)no1)S(=O)(=O)c1ccc(NC(C)=O)cc1. The van der Waals surface area contributed by atoms with E-state index < -0.39 is 10.0 Å². The molecule has 0 spiro atoms. The maximum atomic E-state index is 13.0. The zero-order chi connectivity index (χ0) is 21.0. The summed E-state index contributed by atoms with van der Waals surface area (Å²) >= 11 is 0. The van der Waals surface area contributed by atoms with Crippen LogP contribution in [0.5, 0.6) is 0 Å². The molecule has 29 heavy (non-hydrogen) atoms. The van der Waals surface area contributed by atoms with Gasteiger partial charge in [-0.3, -0.25) is 4.79 Å². The molecule has 0 saturated carbocycles. The Bertz CT molecular complexity index is 1090. The molecule has 0 aliphatic carbocycles. The number of hydrogen-bond donors (Lipinski definition) is 1. The maximum Gasteiger partial charge on any atom is 0.243 e. The fraction of sp³-hybridized carbons (Fsp3) is 0.250. The Kier molecular flexibility index (Phi) is 6.09. The molecule has 9 heteroatoms. The molecule has 1 amide bonds. The number of sulfonamides is 1. The summed E-state index contributed by atoms with van der Waals surface area (Å²) in [6, 6.07) is 13.7. The predicted molar refractivity (Wildman–Crippen MR) is 108 cm³/mol. The summed E-state index contributed by atoms with van der Waals surface area (Å²) in [6.45, 7) is 5.31. The molecule has 0 fully saturated rings. The highest BCUT2D eigenvalue weighted by Gasteiger charge is 2.25. The normalized spacial score (nSPS) is 11.6. The van der Waals surface area contributed by atoms with Crippen LogP contribution in [0.4, 0.5) is 5.69 Å². The van der Waals surface area contributed by atoms with Crippen LogP contribution in [-0.2, 0) is 21.4 Å². The molecule has 0 radical (unpaired) electrons. The molecule has 0 saturated heterocycles. The van der Waals surface area contributed by atoms with Crippen molar-refractivity contribution in [3.63, 3.8) is 0 Å². The Morgan fingerprint density at radius 1 is 1.10 bits per heavy atom. The van der Waals surface area contributed by atoms with E-state index in [9.17, 15) is 13.2 Å². The minimum absolute atomic E-state index is 0.0366. The number of benzene rings is 2. The quantitative estimate of drug-likeness (QED) is 0.636. The van der Waals surface area contributed by atoms with Crippen molar-refractivity contribution < 1.29 is 17.7 Å². The van der Waals surface area contributed by atoms with Gasteiger partial charge >= 0.3 is 0 Å². The number of nitrogens with one attached hydrogen (secondary N) is 1. The zero-order valence-corrected chi connectivity index (χ0v) is 17.2. The van der Waals surface area contributed by atoms with Gasteiger partial charge in [0, 0.05) is 24.7 Å². The second-order valence-electron chi connectivity index (χ2n) is 6.51. The molecule has 0 aliphatic rings. The van der Waals surface area contributed by atoms with E-state index in [1.807, 2.05) is 31.2 Å². The van der Waals surface area contributed by atoms with E-state index in [0.717, 1.165) is 11.1 Å². The van der Waals surface area contributed by atoms with Crippen LogP contribution in [0.1, 0.15) is 25.3 Å². The van der Waals surface area contributed by atoms with Crippen LogP contribution in [0.2, 0.25) is 0 Å². The second kappa shape index (κ2) is 8.54. The number of aromatic nitrogens is 2. The zero-order valence-electron chi connectivity index (χ0n) is 16.4. The standard InChI is InChI=1S/C20H22N4O4S/c1-4-24(29(26,27)18-11-9-17(10-12-18)21-15(3)25)13-19-22-20(23-28-19)16-7-5-14(2)6-8-16/h5-12H,4,13H2,1-3H3,(H,21,25). The number of aryl methyl sites for hydroxylation is 1. The third-order valence-electron chi connectivity index (χ3n) is 4.25. The van der Waals surface area contributed by atoms with Gasteiger partial charge in [-0.15, -0.1) is 0 Å². The van der Waals surface area contributed by atoms with Crippen LogP contribution >= 0.6 is 0 Å². The molecule has 3 rings (SSSR count). The predicted octanol–water partition coefficient (Wildman–Crippen LogP) is 3.21. The van der Waals surface area contributed by atoms with E-state index >= 15 is 0 Å². The lowest BCUT2D eigenvalue weighted by atomic mass is 10.1. The highest BCUT2D eigenvalue weighted by Crippen LogP contribution is 2.21. The minimum Gasteiger partial charge on any atom is -0.338 e. The average molecular weight is 414 g/mol. The topological polar surface area (TPSA) is 105 Å². The molecule has 8 nitrogen and oxygen atoms in total. The van der Waals surface area contributed by atoms with E-state index in [-0.39, 0.29) is 29.8 Å². The first-order chi connectivity index (χ1) is 13.8. The van der Waals surface area contributed by atoms with Crippen molar-refractivity contribution >= 4 is 21.6 Å². The number of amides is 1. The summed E-state index contributed by atoms with van der Waals surface area (Å²) in [5, 5.41) is 6.56. The summed E-state index contributed by atoms with van der Waals surface area (Å²) in [7, 11) is -3.76. The Morgan fingerprint density at radius 3 is 2.34 bits per heavy atom. The fourth-order valence-electron chi connectivity index (χ4n) is 2.72. The molecule has 1 aromatic heterocycles.